The standard InChI is InChI=1S/C7H14O2/c1-5-3-2-4-6(8)7(5)9/h5-9H,2-4H2,1H3/t5-,6+,7+/m0/s1. The molecule has 54 valence electrons. The number of hydrogen-bond donors (Lipinski definition) is 2. The van der Waals surface area contributed by atoms with Gasteiger partial charge in [-0.2, -0.15) is 0 Å². The number of aliphatic hydroxyl groups excluding tert-OH is 2. The highest BCUT2D eigenvalue weighted by atomic mass is 16.3. The van der Waals surface area contributed by atoms with Crippen molar-refractivity contribution in [1.29, 1.82) is 0 Å². The number of rotatable bonds is 0. The van der Waals surface area contributed by atoms with E-state index in [0.29, 0.717) is 0 Å². The van der Waals surface area contributed by atoms with Crippen molar-refractivity contribution in [2.24, 2.45) is 5.92 Å². The summed E-state index contributed by atoms with van der Waals surface area (Å²) < 4.78 is 0. The molecule has 2 heteroatoms. The maximum Gasteiger partial charge on any atom is 0.0824 e. The Labute approximate surface area is 55.5 Å². The maximum atomic E-state index is 9.20. The molecule has 1 fully saturated rings. The minimum atomic E-state index is -0.473. The van der Waals surface area contributed by atoms with E-state index in [0.717, 1.165) is 19.3 Å². The topological polar surface area (TPSA) is 40.5 Å². The van der Waals surface area contributed by atoms with Gasteiger partial charge >= 0.3 is 0 Å². The van der Waals surface area contributed by atoms with Crippen LogP contribution in [0.25, 0.3) is 0 Å². The van der Waals surface area contributed by atoms with E-state index < -0.39 is 12.2 Å². The molecule has 0 unspecified atom stereocenters. The van der Waals surface area contributed by atoms with Crippen molar-refractivity contribution >= 4 is 0 Å². The van der Waals surface area contributed by atoms with Crippen molar-refractivity contribution < 1.29 is 10.2 Å². The third-order valence-corrected chi connectivity index (χ3v) is 2.14. The van der Waals surface area contributed by atoms with Crippen LogP contribution < -0.4 is 0 Å². The molecule has 0 aromatic rings. The normalized spacial score (nSPS) is 45.0. The lowest BCUT2D eigenvalue weighted by atomic mass is 9.86. The molecule has 0 aromatic heterocycles. The summed E-state index contributed by atoms with van der Waals surface area (Å²) in [7, 11) is 0. The summed E-state index contributed by atoms with van der Waals surface area (Å²) in [6.07, 6.45) is 1.94. The summed E-state index contributed by atoms with van der Waals surface area (Å²) in [5.41, 5.74) is 0. The monoisotopic (exact) mass is 130 g/mol. The summed E-state index contributed by atoms with van der Waals surface area (Å²) in [4.78, 5) is 0. The highest BCUT2D eigenvalue weighted by Gasteiger charge is 2.26. The first-order valence-corrected chi connectivity index (χ1v) is 3.58. The van der Waals surface area contributed by atoms with Gasteiger partial charge in [0.15, 0.2) is 0 Å². The van der Waals surface area contributed by atoms with E-state index in [-0.39, 0.29) is 5.92 Å². The summed E-state index contributed by atoms with van der Waals surface area (Å²) in [6, 6.07) is 0. The van der Waals surface area contributed by atoms with Crippen LogP contribution in [0, 0.1) is 5.92 Å². The van der Waals surface area contributed by atoms with Crippen molar-refractivity contribution in [1.82, 2.24) is 0 Å². The Morgan fingerprint density at radius 1 is 1.22 bits per heavy atom. The first kappa shape index (κ1) is 7.03. The molecule has 0 saturated heterocycles. The van der Waals surface area contributed by atoms with Crippen molar-refractivity contribution in [2.75, 3.05) is 0 Å². The highest BCUT2D eigenvalue weighted by molar-refractivity contribution is 4.78. The zero-order valence-electron chi connectivity index (χ0n) is 5.75. The summed E-state index contributed by atoms with van der Waals surface area (Å²) in [5, 5.41) is 18.3. The van der Waals surface area contributed by atoms with Crippen LogP contribution >= 0.6 is 0 Å². The van der Waals surface area contributed by atoms with Gasteiger partial charge in [-0.1, -0.05) is 13.3 Å². The Morgan fingerprint density at radius 3 is 2.33 bits per heavy atom. The molecule has 0 bridgehead atoms. The van der Waals surface area contributed by atoms with E-state index in [1.165, 1.54) is 0 Å². The number of aliphatic hydroxyl groups is 2. The quantitative estimate of drug-likeness (QED) is 0.502. The Bertz CT molecular complexity index is 82.9. The lowest BCUT2D eigenvalue weighted by molar-refractivity contribution is -0.0391. The molecule has 2 nitrogen and oxygen atoms in total. The molecule has 0 aliphatic heterocycles. The third kappa shape index (κ3) is 1.43. The van der Waals surface area contributed by atoms with Crippen LogP contribution in [0.2, 0.25) is 0 Å². The summed E-state index contributed by atoms with van der Waals surface area (Å²) >= 11 is 0. The van der Waals surface area contributed by atoms with E-state index in [1.54, 1.807) is 0 Å². The molecular formula is C7H14O2. The molecule has 0 radical (unpaired) electrons. The van der Waals surface area contributed by atoms with Gasteiger partial charge in [-0.3, -0.25) is 0 Å². The maximum absolute atomic E-state index is 9.20. The Hall–Kier alpha value is -0.0800. The third-order valence-electron chi connectivity index (χ3n) is 2.14. The second-order valence-electron chi connectivity index (χ2n) is 2.97. The molecule has 1 aliphatic rings. The first-order chi connectivity index (χ1) is 4.22. The van der Waals surface area contributed by atoms with Gasteiger partial charge in [0.1, 0.15) is 0 Å². The van der Waals surface area contributed by atoms with E-state index >= 15 is 0 Å². The smallest absolute Gasteiger partial charge is 0.0824 e. The molecule has 1 rings (SSSR count). The Kier molecular flexibility index (Phi) is 2.09. The predicted octanol–water partition coefficient (Wildman–Crippen LogP) is 0.528. The summed E-state index contributed by atoms with van der Waals surface area (Å²) in [5.74, 6) is 0.286. The molecule has 1 aliphatic carbocycles. The van der Waals surface area contributed by atoms with Gasteiger partial charge in [0.05, 0.1) is 12.2 Å². The fourth-order valence-corrected chi connectivity index (χ4v) is 1.37. The SMILES string of the molecule is C[C@H]1CCC[C@@H](O)[C@@H]1O. The Balaban J connectivity index is 2.41. The fraction of sp³-hybridized carbons (Fsp3) is 1.00. The van der Waals surface area contributed by atoms with Crippen LogP contribution in [0.4, 0.5) is 0 Å². The molecule has 0 amide bonds. The van der Waals surface area contributed by atoms with Crippen LogP contribution in [0.5, 0.6) is 0 Å². The zero-order chi connectivity index (χ0) is 6.85. The second-order valence-corrected chi connectivity index (χ2v) is 2.97. The van der Waals surface area contributed by atoms with Crippen molar-refractivity contribution in [3.05, 3.63) is 0 Å². The van der Waals surface area contributed by atoms with E-state index in [4.69, 9.17) is 5.11 Å². The van der Waals surface area contributed by atoms with Crippen LogP contribution in [-0.4, -0.2) is 22.4 Å². The van der Waals surface area contributed by atoms with Crippen LogP contribution in [0.1, 0.15) is 26.2 Å². The lowest BCUT2D eigenvalue weighted by Crippen LogP contribution is -2.35. The Morgan fingerprint density at radius 2 is 1.89 bits per heavy atom. The molecule has 0 heterocycles. The minimum absolute atomic E-state index is 0.286. The van der Waals surface area contributed by atoms with Gasteiger partial charge < -0.3 is 10.2 Å². The zero-order valence-corrected chi connectivity index (χ0v) is 5.75. The van der Waals surface area contributed by atoms with Crippen molar-refractivity contribution in [3.63, 3.8) is 0 Å². The summed E-state index contributed by atoms with van der Waals surface area (Å²) in [6.45, 7) is 1.98. The van der Waals surface area contributed by atoms with Gasteiger partial charge in [-0.15, -0.1) is 0 Å². The predicted molar refractivity (Wildman–Crippen MR) is 35.0 cm³/mol. The molecule has 9 heavy (non-hydrogen) atoms. The van der Waals surface area contributed by atoms with E-state index in [2.05, 4.69) is 0 Å². The fourth-order valence-electron chi connectivity index (χ4n) is 1.37. The van der Waals surface area contributed by atoms with Crippen LogP contribution in [0.15, 0.2) is 0 Å². The van der Waals surface area contributed by atoms with Gasteiger partial charge in [-0.25, -0.2) is 0 Å². The minimum Gasteiger partial charge on any atom is -0.390 e. The first-order valence-electron chi connectivity index (χ1n) is 3.58. The van der Waals surface area contributed by atoms with Gasteiger partial charge in [-0.05, 0) is 18.8 Å². The molecule has 1 saturated carbocycles. The highest BCUT2D eigenvalue weighted by Crippen LogP contribution is 2.23. The average molecular weight is 130 g/mol. The van der Waals surface area contributed by atoms with Gasteiger partial charge in [0.25, 0.3) is 0 Å². The molecular weight excluding hydrogens is 116 g/mol. The number of hydrogen-bond acceptors (Lipinski definition) is 2. The lowest BCUT2D eigenvalue weighted by Gasteiger charge is -2.28. The largest absolute Gasteiger partial charge is 0.390 e. The molecule has 0 spiro atoms. The van der Waals surface area contributed by atoms with E-state index in [9.17, 15) is 5.11 Å². The molecule has 3 atom stereocenters. The molecule has 0 aromatic carbocycles. The average Bonchev–Trinajstić information content (AvgIpc) is 1.83. The van der Waals surface area contributed by atoms with Gasteiger partial charge in [0, 0.05) is 0 Å². The second kappa shape index (κ2) is 2.67. The van der Waals surface area contributed by atoms with Crippen molar-refractivity contribution in [2.45, 2.75) is 38.4 Å². The van der Waals surface area contributed by atoms with E-state index in [1.807, 2.05) is 6.92 Å². The molecule has 2 N–H and O–H groups in total. The van der Waals surface area contributed by atoms with Crippen molar-refractivity contribution in [3.8, 4) is 0 Å². The van der Waals surface area contributed by atoms with Gasteiger partial charge in [0.2, 0.25) is 0 Å². The van der Waals surface area contributed by atoms with Crippen LogP contribution in [0.3, 0.4) is 0 Å². The van der Waals surface area contributed by atoms with Crippen LogP contribution in [-0.2, 0) is 0 Å².